The molecule has 0 amide bonds. The molecule has 0 saturated heterocycles. The number of cyclic esters (lactones) is 1. The summed E-state index contributed by atoms with van der Waals surface area (Å²) in [4.78, 5) is 24.2. The highest BCUT2D eigenvalue weighted by Crippen LogP contribution is 2.62. The fourth-order valence-electron chi connectivity index (χ4n) is 5.37. The van der Waals surface area contributed by atoms with Gasteiger partial charge in [0, 0.05) is 17.4 Å². The van der Waals surface area contributed by atoms with Crippen LogP contribution in [0.1, 0.15) is 52.4 Å². The van der Waals surface area contributed by atoms with Gasteiger partial charge in [-0.15, -0.1) is 0 Å². The Hall–Kier alpha value is -1.46. The van der Waals surface area contributed by atoms with Gasteiger partial charge in [-0.1, -0.05) is 20.4 Å². The highest BCUT2D eigenvalue weighted by molar-refractivity contribution is 5.90. The van der Waals surface area contributed by atoms with Crippen LogP contribution in [-0.2, 0) is 14.3 Å². The first-order valence-electron chi connectivity index (χ1n) is 9.10. The molecule has 2 saturated carbocycles. The lowest BCUT2D eigenvalue weighted by Gasteiger charge is -2.61. The molecular formula is C20H28O5. The minimum atomic E-state index is -1.16. The Balaban J connectivity index is 1.92. The molecule has 5 nitrogen and oxygen atoms in total. The number of aliphatic hydroxyl groups is 2. The number of esters is 1. The van der Waals surface area contributed by atoms with Crippen molar-refractivity contribution in [3.63, 3.8) is 0 Å². The van der Waals surface area contributed by atoms with Gasteiger partial charge in [-0.25, -0.2) is 4.79 Å². The summed E-state index contributed by atoms with van der Waals surface area (Å²) in [6.07, 6.45) is 4.87. The molecule has 0 spiro atoms. The Morgan fingerprint density at radius 1 is 1.32 bits per heavy atom. The molecule has 3 aliphatic rings. The number of hydrogen-bond acceptors (Lipinski definition) is 5. The van der Waals surface area contributed by atoms with Crippen molar-refractivity contribution < 1.29 is 24.5 Å². The van der Waals surface area contributed by atoms with Crippen molar-refractivity contribution in [3.8, 4) is 0 Å². The lowest BCUT2D eigenvalue weighted by atomic mass is 9.44. The molecule has 0 aromatic heterocycles. The minimum absolute atomic E-state index is 0.0782. The van der Waals surface area contributed by atoms with Crippen LogP contribution in [0.4, 0.5) is 0 Å². The van der Waals surface area contributed by atoms with Crippen LogP contribution < -0.4 is 0 Å². The molecule has 25 heavy (non-hydrogen) atoms. The number of hydrogen-bond donors (Lipinski definition) is 2. The number of fused-ring (bicyclic) bond motifs is 1. The van der Waals surface area contributed by atoms with Crippen molar-refractivity contribution in [3.05, 3.63) is 23.8 Å². The third-order valence-corrected chi connectivity index (χ3v) is 7.20. The van der Waals surface area contributed by atoms with E-state index in [1.54, 1.807) is 6.08 Å². The summed E-state index contributed by atoms with van der Waals surface area (Å²) < 4.78 is 4.95. The van der Waals surface area contributed by atoms with E-state index in [1.807, 2.05) is 13.8 Å². The Labute approximate surface area is 148 Å². The smallest absolute Gasteiger partial charge is 0.334 e. The molecule has 0 radical (unpaired) electrons. The molecule has 2 N–H and O–H groups in total. The van der Waals surface area contributed by atoms with Crippen molar-refractivity contribution in [2.24, 2.45) is 16.7 Å². The maximum Gasteiger partial charge on any atom is 0.334 e. The summed E-state index contributed by atoms with van der Waals surface area (Å²) >= 11 is 0. The van der Waals surface area contributed by atoms with Gasteiger partial charge in [0.2, 0.25) is 0 Å². The predicted molar refractivity (Wildman–Crippen MR) is 92.6 cm³/mol. The Kier molecular flexibility index (Phi) is 4.44. The maximum absolute atomic E-state index is 12.5. The average Bonchev–Trinajstić information content (AvgIpc) is 2.99. The molecule has 1 aliphatic heterocycles. The summed E-state index contributed by atoms with van der Waals surface area (Å²) in [5.41, 5.74) is -1.16. The van der Waals surface area contributed by atoms with E-state index in [4.69, 9.17) is 4.74 Å². The molecule has 2 fully saturated rings. The molecule has 1 heterocycles. The van der Waals surface area contributed by atoms with Crippen LogP contribution in [0.25, 0.3) is 0 Å². The van der Waals surface area contributed by atoms with Crippen LogP contribution in [0.2, 0.25) is 0 Å². The van der Waals surface area contributed by atoms with Gasteiger partial charge in [-0.2, -0.15) is 0 Å². The molecule has 138 valence electrons. The molecule has 0 aromatic carbocycles. The summed E-state index contributed by atoms with van der Waals surface area (Å²) in [5, 5.41) is 21.6. The highest BCUT2D eigenvalue weighted by atomic mass is 16.5. The summed E-state index contributed by atoms with van der Waals surface area (Å²) in [6.45, 7) is 8.06. The molecule has 0 aromatic rings. The quantitative estimate of drug-likeness (QED) is 0.602. The van der Waals surface area contributed by atoms with Gasteiger partial charge >= 0.3 is 5.97 Å². The standard InChI is InChI=1S/C20H28O5/c1-13-4-5-15-18(2,12-21)16(22)7-9-19(15,3)20(13,24)10-6-14-8-11-25-17(14)23/h8,15,21,24H,1,4-7,9-12H2,2-3H3/t15-,18+,19-,20+/m1/s1. The normalized spacial score (nSPS) is 41.4. The number of rotatable bonds is 4. The van der Waals surface area contributed by atoms with E-state index >= 15 is 0 Å². The van der Waals surface area contributed by atoms with Crippen molar-refractivity contribution in [1.82, 2.24) is 0 Å². The van der Waals surface area contributed by atoms with Crippen LogP contribution in [-0.4, -0.2) is 40.8 Å². The van der Waals surface area contributed by atoms with Crippen molar-refractivity contribution in [2.75, 3.05) is 13.2 Å². The SMILES string of the molecule is C=C1CC[C@@H]2[C@](C)(CO)C(=O)CC[C@@]2(C)[C@]1(O)CCC1=CCOC1=O. The summed E-state index contributed by atoms with van der Waals surface area (Å²) in [6, 6.07) is 0. The zero-order chi connectivity index (χ0) is 18.5. The molecule has 2 aliphatic carbocycles. The van der Waals surface area contributed by atoms with E-state index in [0.29, 0.717) is 44.3 Å². The number of Topliss-reactive ketones (excluding diaryl/α,β-unsaturated/α-hetero) is 1. The van der Waals surface area contributed by atoms with Crippen LogP contribution in [0.15, 0.2) is 23.8 Å². The first-order valence-corrected chi connectivity index (χ1v) is 9.10. The number of carbonyl (C=O) groups is 2. The van der Waals surface area contributed by atoms with Crippen LogP contribution >= 0.6 is 0 Å². The van der Waals surface area contributed by atoms with Crippen LogP contribution in [0, 0.1) is 16.7 Å². The van der Waals surface area contributed by atoms with Gasteiger partial charge in [-0.3, -0.25) is 4.79 Å². The van der Waals surface area contributed by atoms with Gasteiger partial charge in [0.25, 0.3) is 0 Å². The maximum atomic E-state index is 12.5. The topological polar surface area (TPSA) is 83.8 Å². The van der Waals surface area contributed by atoms with Gasteiger partial charge in [0.05, 0.1) is 17.6 Å². The Morgan fingerprint density at radius 2 is 2.04 bits per heavy atom. The monoisotopic (exact) mass is 348 g/mol. The number of carbonyl (C=O) groups excluding carboxylic acids is 2. The van der Waals surface area contributed by atoms with Gasteiger partial charge in [0.15, 0.2) is 0 Å². The molecule has 5 heteroatoms. The van der Waals surface area contributed by atoms with E-state index in [1.165, 1.54) is 0 Å². The number of aliphatic hydroxyl groups excluding tert-OH is 1. The van der Waals surface area contributed by atoms with E-state index < -0.39 is 16.4 Å². The Morgan fingerprint density at radius 3 is 2.64 bits per heavy atom. The predicted octanol–water partition coefficient (Wildman–Crippen LogP) is 2.31. The van der Waals surface area contributed by atoms with E-state index in [9.17, 15) is 19.8 Å². The lowest BCUT2D eigenvalue weighted by Crippen LogP contribution is -2.63. The molecule has 0 unspecified atom stereocenters. The van der Waals surface area contributed by atoms with E-state index in [-0.39, 0.29) is 24.3 Å². The summed E-state index contributed by atoms with van der Waals surface area (Å²) in [7, 11) is 0. The van der Waals surface area contributed by atoms with Crippen molar-refractivity contribution in [2.45, 2.75) is 58.0 Å². The second-order valence-corrected chi connectivity index (χ2v) is 8.30. The molecular weight excluding hydrogens is 320 g/mol. The fourth-order valence-corrected chi connectivity index (χ4v) is 5.37. The highest BCUT2D eigenvalue weighted by Gasteiger charge is 2.63. The van der Waals surface area contributed by atoms with Gasteiger partial charge in [-0.05, 0) is 49.7 Å². The first kappa shape index (κ1) is 18.3. The average molecular weight is 348 g/mol. The second-order valence-electron chi connectivity index (χ2n) is 8.30. The summed E-state index contributed by atoms with van der Waals surface area (Å²) in [5.74, 6) is -0.341. The largest absolute Gasteiger partial charge is 0.458 e. The number of ketones is 1. The minimum Gasteiger partial charge on any atom is -0.458 e. The molecule has 3 rings (SSSR count). The number of ether oxygens (including phenoxy) is 1. The van der Waals surface area contributed by atoms with E-state index in [0.717, 1.165) is 12.0 Å². The third-order valence-electron chi connectivity index (χ3n) is 7.20. The van der Waals surface area contributed by atoms with Crippen molar-refractivity contribution in [1.29, 1.82) is 0 Å². The third kappa shape index (κ3) is 2.51. The molecule has 4 atom stereocenters. The van der Waals surface area contributed by atoms with E-state index in [2.05, 4.69) is 6.58 Å². The lowest BCUT2D eigenvalue weighted by molar-refractivity contribution is -0.178. The van der Waals surface area contributed by atoms with Crippen LogP contribution in [0.3, 0.4) is 0 Å². The fraction of sp³-hybridized carbons (Fsp3) is 0.700. The second kappa shape index (κ2) is 6.06. The van der Waals surface area contributed by atoms with Crippen molar-refractivity contribution >= 4 is 11.8 Å². The zero-order valence-corrected chi connectivity index (χ0v) is 15.1. The Bertz CT molecular complexity index is 650. The van der Waals surface area contributed by atoms with Gasteiger partial charge < -0.3 is 14.9 Å². The van der Waals surface area contributed by atoms with Gasteiger partial charge in [0.1, 0.15) is 12.4 Å². The molecule has 0 bridgehead atoms. The first-order chi connectivity index (χ1) is 11.7. The van der Waals surface area contributed by atoms with Crippen LogP contribution in [0.5, 0.6) is 0 Å². The zero-order valence-electron chi connectivity index (χ0n) is 15.1.